The van der Waals surface area contributed by atoms with Crippen LogP contribution in [-0.4, -0.2) is 12.6 Å². The van der Waals surface area contributed by atoms with Gasteiger partial charge in [0.2, 0.25) is 0 Å². The second-order valence-electron chi connectivity index (χ2n) is 7.36. The van der Waals surface area contributed by atoms with Gasteiger partial charge < -0.3 is 5.32 Å². The van der Waals surface area contributed by atoms with Crippen molar-refractivity contribution in [1.82, 2.24) is 5.32 Å². The van der Waals surface area contributed by atoms with Crippen molar-refractivity contribution in [2.24, 2.45) is 16.7 Å². The Morgan fingerprint density at radius 1 is 1.19 bits per heavy atom. The van der Waals surface area contributed by atoms with E-state index in [1.807, 2.05) is 0 Å². The maximum absolute atomic E-state index is 3.86. The SMILES string of the molecule is CC(C)C1(CNC2CCCC(C)(C)C2)CC1. The van der Waals surface area contributed by atoms with Gasteiger partial charge in [-0.3, -0.25) is 0 Å². The Morgan fingerprint density at radius 3 is 2.38 bits per heavy atom. The Bertz CT molecular complexity index is 238. The number of nitrogens with one attached hydrogen (secondary N) is 1. The first-order valence-electron chi connectivity index (χ1n) is 7.17. The second-order valence-corrected chi connectivity index (χ2v) is 7.36. The maximum atomic E-state index is 3.86. The van der Waals surface area contributed by atoms with E-state index in [2.05, 4.69) is 33.0 Å². The van der Waals surface area contributed by atoms with Crippen molar-refractivity contribution in [3.8, 4) is 0 Å². The first-order chi connectivity index (χ1) is 7.44. The van der Waals surface area contributed by atoms with Gasteiger partial charge in [-0.1, -0.05) is 34.1 Å². The minimum absolute atomic E-state index is 0.574. The molecule has 1 unspecified atom stereocenters. The largest absolute Gasteiger partial charge is 0.313 e. The first kappa shape index (κ1) is 12.4. The molecule has 2 aliphatic rings. The Morgan fingerprint density at radius 2 is 1.88 bits per heavy atom. The van der Waals surface area contributed by atoms with E-state index in [0.29, 0.717) is 10.8 Å². The summed E-state index contributed by atoms with van der Waals surface area (Å²) in [6.45, 7) is 10.9. The fourth-order valence-electron chi connectivity index (χ4n) is 3.34. The zero-order valence-electron chi connectivity index (χ0n) is 11.6. The summed E-state index contributed by atoms with van der Waals surface area (Å²) in [5, 5.41) is 3.86. The molecule has 0 aliphatic heterocycles. The molecule has 16 heavy (non-hydrogen) atoms. The highest BCUT2D eigenvalue weighted by Gasteiger charge is 2.45. The Labute approximate surface area is 101 Å². The van der Waals surface area contributed by atoms with Gasteiger partial charge in [-0.15, -0.1) is 0 Å². The van der Waals surface area contributed by atoms with Gasteiger partial charge in [0.25, 0.3) is 0 Å². The van der Waals surface area contributed by atoms with Crippen molar-refractivity contribution >= 4 is 0 Å². The van der Waals surface area contributed by atoms with Crippen LogP contribution in [-0.2, 0) is 0 Å². The van der Waals surface area contributed by atoms with Crippen LogP contribution in [0, 0.1) is 16.7 Å². The Balaban J connectivity index is 1.78. The van der Waals surface area contributed by atoms with Crippen molar-refractivity contribution < 1.29 is 0 Å². The summed E-state index contributed by atoms with van der Waals surface area (Å²) in [5.74, 6) is 0.858. The molecule has 0 radical (unpaired) electrons. The average Bonchev–Trinajstić information content (AvgIpc) is 2.94. The van der Waals surface area contributed by atoms with E-state index in [0.717, 1.165) is 12.0 Å². The van der Waals surface area contributed by atoms with E-state index in [-0.39, 0.29) is 0 Å². The number of rotatable bonds is 4. The van der Waals surface area contributed by atoms with Gasteiger partial charge in [-0.25, -0.2) is 0 Å². The second kappa shape index (κ2) is 4.33. The molecule has 2 fully saturated rings. The molecule has 2 saturated carbocycles. The minimum Gasteiger partial charge on any atom is -0.313 e. The molecule has 1 heteroatoms. The summed E-state index contributed by atoms with van der Waals surface area (Å²) in [7, 11) is 0. The van der Waals surface area contributed by atoms with Crippen molar-refractivity contribution in [3.05, 3.63) is 0 Å². The van der Waals surface area contributed by atoms with Crippen LogP contribution in [0.5, 0.6) is 0 Å². The van der Waals surface area contributed by atoms with Gasteiger partial charge in [-0.05, 0) is 48.9 Å². The predicted octanol–water partition coefficient (Wildman–Crippen LogP) is 3.98. The van der Waals surface area contributed by atoms with Crippen LogP contribution in [0.4, 0.5) is 0 Å². The van der Waals surface area contributed by atoms with Crippen LogP contribution in [0.2, 0.25) is 0 Å². The number of hydrogen-bond acceptors (Lipinski definition) is 1. The Hall–Kier alpha value is -0.0400. The molecule has 0 amide bonds. The van der Waals surface area contributed by atoms with E-state index in [1.54, 1.807) is 0 Å². The highest BCUT2D eigenvalue weighted by atomic mass is 14.9. The zero-order valence-corrected chi connectivity index (χ0v) is 11.6. The lowest BCUT2D eigenvalue weighted by Crippen LogP contribution is -2.41. The lowest BCUT2D eigenvalue weighted by Gasteiger charge is -2.36. The topological polar surface area (TPSA) is 12.0 Å². The van der Waals surface area contributed by atoms with E-state index in [1.165, 1.54) is 45.1 Å². The van der Waals surface area contributed by atoms with Gasteiger partial charge in [0, 0.05) is 12.6 Å². The quantitative estimate of drug-likeness (QED) is 0.760. The molecular formula is C15H29N. The van der Waals surface area contributed by atoms with Gasteiger partial charge in [-0.2, -0.15) is 0 Å². The molecule has 0 aromatic carbocycles. The molecule has 2 rings (SSSR count). The van der Waals surface area contributed by atoms with Crippen LogP contribution in [0.15, 0.2) is 0 Å². The molecular weight excluding hydrogens is 194 g/mol. The summed E-state index contributed by atoms with van der Waals surface area (Å²) in [6.07, 6.45) is 8.51. The lowest BCUT2D eigenvalue weighted by molar-refractivity contribution is 0.187. The molecule has 1 atom stereocenters. The smallest absolute Gasteiger partial charge is 0.00723 e. The van der Waals surface area contributed by atoms with E-state index in [4.69, 9.17) is 0 Å². The van der Waals surface area contributed by atoms with Gasteiger partial charge >= 0.3 is 0 Å². The fraction of sp³-hybridized carbons (Fsp3) is 1.00. The normalized spacial score (nSPS) is 31.7. The molecule has 0 heterocycles. The van der Waals surface area contributed by atoms with Crippen LogP contribution in [0.25, 0.3) is 0 Å². The van der Waals surface area contributed by atoms with Gasteiger partial charge in [0.15, 0.2) is 0 Å². The summed E-state index contributed by atoms with van der Waals surface area (Å²) < 4.78 is 0. The van der Waals surface area contributed by atoms with Crippen molar-refractivity contribution in [3.63, 3.8) is 0 Å². The van der Waals surface area contributed by atoms with E-state index in [9.17, 15) is 0 Å². The molecule has 0 spiro atoms. The third kappa shape index (κ3) is 2.80. The van der Waals surface area contributed by atoms with Crippen LogP contribution in [0.3, 0.4) is 0 Å². The van der Waals surface area contributed by atoms with Crippen molar-refractivity contribution in [1.29, 1.82) is 0 Å². The van der Waals surface area contributed by atoms with Gasteiger partial charge in [0.1, 0.15) is 0 Å². The molecule has 1 nitrogen and oxygen atoms in total. The molecule has 2 aliphatic carbocycles. The highest BCUT2D eigenvalue weighted by Crippen LogP contribution is 2.51. The van der Waals surface area contributed by atoms with E-state index < -0.39 is 0 Å². The molecule has 1 N–H and O–H groups in total. The molecule has 0 bridgehead atoms. The third-order valence-corrected chi connectivity index (χ3v) is 5.06. The lowest BCUT2D eigenvalue weighted by atomic mass is 9.75. The monoisotopic (exact) mass is 223 g/mol. The maximum Gasteiger partial charge on any atom is 0.00723 e. The van der Waals surface area contributed by atoms with Gasteiger partial charge in [0.05, 0.1) is 0 Å². The van der Waals surface area contributed by atoms with Crippen molar-refractivity contribution in [2.45, 2.75) is 72.3 Å². The van der Waals surface area contributed by atoms with Crippen LogP contribution in [0.1, 0.15) is 66.2 Å². The summed E-state index contributed by atoms with van der Waals surface area (Å²) >= 11 is 0. The molecule has 0 aromatic rings. The predicted molar refractivity (Wildman–Crippen MR) is 70.5 cm³/mol. The van der Waals surface area contributed by atoms with Crippen molar-refractivity contribution in [2.75, 3.05) is 6.54 Å². The number of hydrogen-bond donors (Lipinski definition) is 1. The zero-order chi connectivity index (χ0) is 11.8. The first-order valence-corrected chi connectivity index (χ1v) is 7.17. The fourth-order valence-corrected chi connectivity index (χ4v) is 3.34. The molecule has 94 valence electrons. The van der Waals surface area contributed by atoms with Crippen LogP contribution < -0.4 is 5.32 Å². The summed E-state index contributed by atoms with van der Waals surface area (Å²) in [4.78, 5) is 0. The summed E-state index contributed by atoms with van der Waals surface area (Å²) in [6, 6.07) is 0.792. The summed E-state index contributed by atoms with van der Waals surface area (Å²) in [5.41, 5.74) is 1.24. The molecule has 0 aromatic heterocycles. The molecule has 0 saturated heterocycles. The minimum atomic E-state index is 0.574. The Kier molecular flexibility index (Phi) is 3.36. The standard InChI is InChI=1S/C15H29N/c1-12(2)15(8-9-15)11-16-13-6-5-7-14(3,4)10-13/h12-13,16H,5-11H2,1-4H3. The highest BCUT2D eigenvalue weighted by molar-refractivity contribution is 4.98. The third-order valence-electron chi connectivity index (χ3n) is 5.06. The van der Waals surface area contributed by atoms with E-state index >= 15 is 0 Å². The van der Waals surface area contributed by atoms with Crippen LogP contribution >= 0.6 is 0 Å². The average molecular weight is 223 g/mol.